The van der Waals surface area contributed by atoms with Crippen LogP contribution < -0.4 is 5.73 Å². The van der Waals surface area contributed by atoms with Gasteiger partial charge in [0.1, 0.15) is 5.78 Å². The Morgan fingerprint density at radius 3 is 1.94 bits per heavy atom. The molecule has 1 unspecified atom stereocenters. The van der Waals surface area contributed by atoms with Crippen LogP contribution in [0.25, 0.3) is 0 Å². The maximum Gasteiger partial charge on any atom is 0.133 e. The van der Waals surface area contributed by atoms with Crippen molar-refractivity contribution < 1.29 is 4.79 Å². The second kappa shape index (κ2) is 8.74. The lowest BCUT2D eigenvalue weighted by Crippen LogP contribution is -2.21. The minimum absolute atomic E-state index is 0.391. The van der Waals surface area contributed by atoms with Gasteiger partial charge in [-0.25, -0.2) is 0 Å². The van der Waals surface area contributed by atoms with Crippen LogP contribution in [0.15, 0.2) is 0 Å². The van der Waals surface area contributed by atoms with E-state index in [0.29, 0.717) is 36.5 Å². The molecule has 16 heavy (non-hydrogen) atoms. The molecule has 1 atom stereocenters. The van der Waals surface area contributed by atoms with Gasteiger partial charge in [-0.2, -0.15) is 0 Å². The molecule has 0 saturated carbocycles. The third-order valence-electron chi connectivity index (χ3n) is 3.33. The minimum atomic E-state index is 0.391. The van der Waals surface area contributed by atoms with E-state index < -0.39 is 0 Å². The zero-order valence-corrected chi connectivity index (χ0v) is 11.5. The summed E-state index contributed by atoms with van der Waals surface area (Å²) in [6.07, 6.45) is 4.73. The van der Waals surface area contributed by atoms with Gasteiger partial charge in [-0.15, -0.1) is 0 Å². The molecule has 0 heterocycles. The smallest absolute Gasteiger partial charge is 0.133 e. The average Bonchev–Trinajstić information content (AvgIpc) is 2.24. The Labute approximate surface area is 101 Å². The first kappa shape index (κ1) is 15.6. The summed E-state index contributed by atoms with van der Waals surface area (Å²) in [4.78, 5) is 11.9. The maximum absolute atomic E-state index is 11.9. The molecule has 0 rings (SSSR count). The van der Waals surface area contributed by atoms with Crippen LogP contribution in [0.4, 0.5) is 0 Å². The topological polar surface area (TPSA) is 43.1 Å². The summed E-state index contributed by atoms with van der Waals surface area (Å²) in [6.45, 7) is 9.35. The van der Waals surface area contributed by atoms with Crippen LogP contribution >= 0.6 is 0 Å². The van der Waals surface area contributed by atoms with E-state index in [-0.39, 0.29) is 0 Å². The first-order valence-corrected chi connectivity index (χ1v) is 6.75. The fourth-order valence-corrected chi connectivity index (χ4v) is 2.23. The molecule has 0 fully saturated rings. The van der Waals surface area contributed by atoms with E-state index in [0.717, 1.165) is 25.7 Å². The number of rotatable bonds is 9. The van der Waals surface area contributed by atoms with Crippen molar-refractivity contribution in [2.24, 2.45) is 23.5 Å². The summed E-state index contributed by atoms with van der Waals surface area (Å²) in [7, 11) is 0. The molecule has 0 aromatic rings. The van der Waals surface area contributed by atoms with Crippen molar-refractivity contribution in [2.75, 3.05) is 6.54 Å². The number of ketones is 1. The van der Waals surface area contributed by atoms with Crippen LogP contribution in [-0.2, 0) is 4.79 Å². The number of carbonyl (C=O) groups excluding carboxylic acids is 1. The maximum atomic E-state index is 11.9. The lowest BCUT2D eigenvalue weighted by molar-refractivity contribution is -0.121. The van der Waals surface area contributed by atoms with Gasteiger partial charge < -0.3 is 5.73 Å². The van der Waals surface area contributed by atoms with Crippen molar-refractivity contribution in [1.82, 2.24) is 0 Å². The third kappa shape index (κ3) is 7.00. The van der Waals surface area contributed by atoms with E-state index in [9.17, 15) is 4.79 Å². The lowest BCUT2D eigenvalue weighted by atomic mass is 9.88. The van der Waals surface area contributed by atoms with Gasteiger partial charge in [0.05, 0.1) is 0 Å². The summed E-state index contributed by atoms with van der Waals surface area (Å²) >= 11 is 0. The summed E-state index contributed by atoms with van der Waals surface area (Å²) in [5.41, 5.74) is 5.71. The van der Waals surface area contributed by atoms with E-state index in [1.165, 1.54) is 0 Å². The van der Waals surface area contributed by atoms with E-state index in [2.05, 4.69) is 27.7 Å². The molecule has 0 aliphatic heterocycles. The molecule has 0 aliphatic rings. The normalized spacial score (nSPS) is 13.4. The van der Waals surface area contributed by atoms with Gasteiger partial charge in [-0.05, 0) is 30.7 Å². The summed E-state index contributed by atoms with van der Waals surface area (Å²) in [6, 6.07) is 0. The van der Waals surface area contributed by atoms with Gasteiger partial charge in [-0.1, -0.05) is 40.5 Å². The van der Waals surface area contributed by atoms with E-state index >= 15 is 0 Å². The van der Waals surface area contributed by atoms with Crippen LogP contribution in [0.2, 0.25) is 0 Å². The largest absolute Gasteiger partial charge is 0.330 e. The zero-order valence-electron chi connectivity index (χ0n) is 11.5. The van der Waals surface area contributed by atoms with E-state index in [4.69, 9.17) is 5.73 Å². The Hall–Kier alpha value is -0.370. The molecule has 2 N–H and O–H groups in total. The van der Waals surface area contributed by atoms with Crippen LogP contribution in [-0.4, -0.2) is 12.3 Å². The number of hydrogen-bond donors (Lipinski definition) is 1. The lowest BCUT2D eigenvalue weighted by Gasteiger charge is -2.18. The highest BCUT2D eigenvalue weighted by Gasteiger charge is 2.16. The van der Waals surface area contributed by atoms with Gasteiger partial charge in [0.2, 0.25) is 0 Å². The predicted molar refractivity (Wildman–Crippen MR) is 70.3 cm³/mol. The van der Waals surface area contributed by atoms with Gasteiger partial charge in [0, 0.05) is 12.8 Å². The molecule has 2 nitrogen and oxygen atoms in total. The van der Waals surface area contributed by atoms with Gasteiger partial charge in [-0.3, -0.25) is 4.79 Å². The molecule has 0 saturated heterocycles. The summed E-state index contributed by atoms with van der Waals surface area (Å²) < 4.78 is 0. The average molecular weight is 227 g/mol. The molecule has 0 spiro atoms. The molecule has 0 amide bonds. The van der Waals surface area contributed by atoms with Gasteiger partial charge >= 0.3 is 0 Å². The second-order valence-electron chi connectivity index (χ2n) is 5.36. The van der Waals surface area contributed by atoms with E-state index in [1.54, 1.807) is 0 Å². The first-order valence-electron chi connectivity index (χ1n) is 6.75. The Balaban J connectivity index is 3.99. The first-order chi connectivity index (χ1) is 7.53. The highest BCUT2D eigenvalue weighted by atomic mass is 16.1. The van der Waals surface area contributed by atoms with Crippen LogP contribution in [0.3, 0.4) is 0 Å². The molecule has 0 bridgehead atoms. The standard InChI is InChI=1S/C14H29NO/c1-5-12(6-2)8-14(16)9-13(10-15)7-11(3)4/h11-13H,5-10,15H2,1-4H3. The second-order valence-corrected chi connectivity index (χ2v) is 5.36. The Bertz CT molecular complexity index is 185. The van der Waals surface area contributed by atoms with Crippen molar-refractivity contribution >= 4 is 5.78 Å². The quantitative estimate of drug-likeness (QED) is 0.656. The molecule has 2 heteroatoms. The Kier molecular flexibility index (Phi) is 8.54. The molecule has 0 aromatic heterocycles. The summed E-state index contributed by atoms with van der Waals surface area (Å²) in [5.74, 6) is 2.01. The molecular weight excluding hydrogens is 198 g/mol. The van der Waals surface area contributed by atoms with Crippen LogP contribution in [0.1, 0.15) is 59.8 Å². The minimum Gasteiger partial charge on any atom is -0.330 e. The van der Waals surface area contributed by atoms with Crippen molar-refractivity contribution in [1.29, 1.82) is 0 Å². The number of carbonyl (C=O) groups is 1. The van der Waals surface area contributed by atoms with Crippen molar-refractivity contribution in [3.8, 4) is 0 Å². The van der Waals surface area contributed by atoms with Crippen molar-refractivity contribution in [3.05, 3.63) is 0 Å². The Morgan fingerprint density at radius 2 is 1.56 bits per heavy atom. The Morgan fingerprint density at radius 1 is 1.06 bits per heavy atom. The van der Waals surface area contributed by atoms with Crippen LogP contribution in [0, 0.1) is 17.8 Å². The number of hydrogen-bond acceptors (Lipinski definition) is 2. The fraction of sp³-hybridized carbons (Fsp3) is 0.929. The number of Topliss-reactive ketones (excluding diaryl/α,β-unsaturated/α-hetero) is 1. The van der Waals surface area contributed by atoms with Gasteiger partial charge in [0.15, 0.2) is 0 Å². The van der Waals surface area contributed by atoms with Crippen molar-refractivity contribution in [3.63, 3.8) is 0 Å². The van der Waals surface area contributed by atoms with Crippen molar-refractivity contribution in [2.45, 2.75) is 59.8 Å². The summed E-state index contributed by atoms with van der Waals surface area (Å²) in [5, 5.41) is 0. The molecule has 96 valence electrons. The molecule has 0 radical (unpaired) electrons. The van der Waals surface area contributed by atoms with Gasteiger partial charge in [0.25, 0.3) is 0 Å². The SMILES string of the molecule is CCC(CC)CC(=O)CC(CN)CC(C)C. The third-order valence-corrected chi connectivity index (χ3v) is 3.33. The number of nitrogens with two attached hydrogens (primary N) is 1. The molecule has 0 aliphatic carbocycles. The fourth-order valence-electron chi connectivity index (χ4n) is 2.23. The highest BCUT2D eigenvalue weighted by molar-refractivity contribution is 5.78. The van der Waals surface area contributed by atoms with Crippen LogP contribution in [0.5, 0.6) is 0 Å². The highest BCUT2D eigenvalue weighted by Crippen LogP contribution is 2.19. The van der Waals surface area contributed by atoms with E-state index in [1.807, 2.05) is 0 Å². The predicted octanol–water partition coefficient (Wildman–Crippen LogP) is 3.39. The molecule has 0 aromatic carbocycles. The molecular formula is C14H29NO. The monoisotopic (exact) mass is 227 g/mol. The zero-order chi connectivity index (χ0) is 12.6.